The van der Waals surface area contributed by atoms with Gasteiger partial charge < -0.3 is 10.6 Å². The Bertz CT molecular complexity index is 1080. The summed E-state index contributed by atoms with van der Waals surface area (Å²) in [5.41, 5.74) is 10.4. The first-order chi connectivity index (χ1) is 14.8. The smallest absolute Gasteiger partial charge is 0.0730 e. The molecule has 4 aromatic rings. The second-order valence-electron chi connectivity index (χ2n) is 7.99. The van der Waals surface area contributed by atoms with Crippen molar-refractivity contribution in [3.63, 3.8) is 0 Å². The molecule has 1 aromatic heterocycles. The van der Waals surface area contributed by atoms with Crippen LogP contribution in [0, 0.1) is 0 Å². The number of anilines is 1. The van der Waals surface area contributed by atoms with E-state index in [1.54, 1.807) is 0 Å². The van der Waals surface area contributed by atoms with Crippen LogP contribution in [0.5, 0.6) is 0 Å². The predicted molar refractivity (Wildman–Crippen MR) is 129 cm³/mol. The monoisotopic (exact) mass is 397 g/mol. The lowest BCUT2D eigenvalue weighted by atomic mass is 10.1. The van der Waals surface area contributed by atoms with Crippen LogP contribution in [0.15, 0.2) is 78.9 Å². The van der Waals surface area contributed by atoms with E-state index in [0.717, 1.165) is 37.1 Å². The van der Waals surface area contributed by atoms with Gasteiger partial charge in [-0.3, -0.25) is 0 Å². The van der Waals surface area contributed by atoms with Crippen LogP contribution in [0.25, 0.3) is 21.8 Å². The van der Waals surface area contributed by atoms with Crippen molar-refractivity contribution >= 4 is 27.5 Å². The van der Waals surface area contributed by atoms with Crippen molar-refractivity contribution in [3.05, 3.63) is 84.4 Å². The van der Waals surface area contributed by atoms with Gasteiger partial charge in [0.15, 0.2) is 0 Å². The van der Waals surface area contributed by atoms with Crippen molar-refractivity contribution in [3.8, 4) is 0 Å². The third kappa shape index (κ3) is 4.98. The van der Waals surface area contributed by atoms with Crippen LogP contribution >= 0.6 is 0 Å². The van der Waals surface area contributed by atoms with Crippen molar-refractivity contribution < 1.29 is 0 Å². The van der Waals surface area contributed by atoms with Crippen LogP contribution in [-0.4, -0.2) is 18.1 Å². The summed E-state index contributed by atoms with van der Waals surface area (Å²) in [6.07, 6.45) is 6.07. The van der Waals surface area contributed by atoms with E-state index in [2.05, 4.69) is 83.8 Å². The molecule has 4 rings (SSSR count). The molecule has 2 N–H and O–H groups in total. The quantitative estimate of drug-likeness (QED) is 0.252. The normalized spacial score (nSPS) is 11.2. The molecule has 0 spiro atoms. The molecular weight excluding hydrogens is 366 g/mol. The first kappa shape index (κ1) is 20.4. The largest absolute Gasteiger partial charge is 0.367 e. The first-order valence-electron chi connectivity index (χ1n) is 11.1. The van der Waals surface area contributed by atoms with E-state index in [9.17, 15) is 0 Å². The molecule has 0 bridgehead atoms. The Morgan fingerprint density at radius 3 is 2.30 bits per heavy atom. The zero-order valence-electron chi connectivity index (χ0n) is 17.6. The molecule has 0 saturated carbocycles. The van der Waals surface area contributed by atoms with E-state index in [1.165, 1.54) is 47.7 Å². The molecule has 0 aliphatic carbocycles. The summed E-state index contributed by atoms with van der Waals surface area (Å²) < 4.78 is 0. The zero-order valence-corrected chi connectivity index (χ0v) is 17.6. The minimum atomic E-state index is 0.803. The fourth-order valence-electron chi connectivity index (χ4n) is 4.12. The maximum absolute atomic E-state index is 5.63. The number of benzene rings is 3. The number of pyridine rings is 1. The molecular formula is C27H31N3. The molecule has 0 fully saturated rings. The Balaban J connectivity index is 1.63. The van der Waals surface area contributed by atoms with Gasteiger partial charge in [-0.2, -0.15) is 0 Å². The van der Waals surface area contributed by atoms with Crippen LogP contribution in [-0.2, 0) is 6.54 Å². The highest BCUT2D eigenvalue weighted by Gasteiger charge is 2.12. The number of rotatable bonds is 10. The summed E-state index contributed by atoms with van der Waals surface area (Å²) in [4.78, 5) is 7.44. The average Bonchev–Trinajstić information content (AvgIpc) is 2.79. The van der Waals surface area contributed by atoms with Crippen molar-refractivity contribution in [2.75, 3.05) is 18.0 Å². The lowest BCUT2D eigenvalue weighted by molar-refractivity contribution is 0.607. The maximum Gasteiger partial charge on any atom is 0.0730 e. The number of nitrogens with zero attached hydrogens (tertiary/aromatic N) is 2. The van der Waals surface area contributed by atoms with E-state index in [4.69, 9.17) is 10.7 Å². The summed E-state index contributed by atoms with van der Waals surface area (Å²) in [6, 6.07) is 27.9. The minimum absolute atomic E-state index is 0.803. The van der Waals surface area contributed by atoms with Gasteiger partial charge in [0.2, 0.25) is 0 Å². The SMILES string of the molecule is NCCCCCCCN(Cc1ccccc1)c1cccc2nc3ccccc3cc12. The lowest BCUT2D eigenvalue weighted by Gasteiger charge is -2.26. The number of fused-ring (bicyclic) bond motifs is 2. The second-order valence-corrected chi connectivity index (χ2v) is 7.99. The van der Waals surface area contributed by atoms with Gasteiger partial charge in [-0.25, -0.2) is 4.98 Å². The molecule has 30 heavy (non-hydrogen) atoms. The number of hydrogen-bond donors (Lipinski definition) is 1. The lowest BCUT2D eigenvalue weighted by Crippen LogP contribution is -2.24. The molecule has 0 radical (unpaired) electrons. The van der Waals surface area contributed by atoms with Gasteiger partial charge in [-0.15, -0.1) is 0 Å². The molecule has 3 heteroatoms. The predicted octanol–water partition coefficient (Wildman–Crippen LogP) is 6.30. The summed E-state index contributed by atoms with van der Waals surface area (Å²) in [6.45, 7) is 2.76. The molecule has 0 amide bonds. The van der Waals surface area contributed by atoms with Crippen LogP contribution in [0.1, 0.15) is 37.7 Å². The third-order valence-corrected chi connectivity index (χ3v) is 5.73. The standard InChI is InChI=1S/C27H31N3/c28-18-9-2-1-3-10-19-30(21-22-12-5-4-6-13-22)27-17-11-16-26-24(27)20-23-14-7-8-15-25(23)29-26/h4-8,11-17,20H,1-3,9-10,18-19,21,28H2. The van der Waals surface area contributed by atoms with E-state index < -0.39 is 0 Å². The summed E-state index contributed by atoms with van der Waals surface area (Å²) in [5, 5.41) is 2.43. The van der Waals surface area contributed by atoms with Gasteiger partial charge >= 0.3 is 0 Å². The number of unbranched alkanes of at least 4 members (excludes halogenated alkanes) is 4. The zero-order chi connectivity index (χ0) is 20.6. The highest BCUT2D eigenvalue weighted by Crippen LogP contribution is 2.30. The fraction of sp³-hybridized carbons (Fsp3) is 0.296. The Labute approximate surface area is 179 Å². The first-order valence-corrected chi connectivity index (χ1v) is 11.1. The number of aromatic nitrogens is 1. The van der Waals surface area contributed by atoms with Crippen molar-refractivity contribution in [2.45, 2.75) is 38.6 Å². The minimum Gasteiger partial charge on any atom is -0.367 e. The van der Waals surface area contributed by atoms with Gasteiger partial charge in [0.05, 0.1) is 11.0 Å². The highest BCUT2D eigenvalue weighted by molar-refractivity contribution is 5.99. The fourth-order valence-corrected chi connectivity index (χ4v) is 4.12. The summed E-state index contributed by atoms with van der Waals surface area (Å²) in [5.74, 6) is 0. The van der Waals surface area contributed by atoms with E-state index >= 15 is 0 Å². The van der Waals surface area contributed by atoms with Gasteiger partial charge in [0.1, 0.15) is 0 Å². The van der Waals surface area contributed by atoms with Crippen LogP contribution < -0.4 is 10.6 Å². The van der Waals surface area contributed by atoms with Crippen molar-refractivity contribution in [2.24, 2.45) is 5.73 Å². The van der Waals surface area contributed by atoms with Crippen LogP contribution in [0.4, 0.5) is 5.69 Å². The number of para-hydroxylation sites is 1. The molecule has 3 nitrogen and oxygen atoms in total. The highest BCUT2D eigenvalue weighted by atomic mass is 15.1. The second kappa shape index (κ2) is 10.2. The van der Waals surface area contributed by atoms with Crippen LogP contribution in [0.3, 0.4) is 0 Å². The maximum atomic E-state index is 5.63. The van der Waals surface area contributed by atoms with E-state index in [0.29, 0.717) is 0 Å². The third-order valence-electron chi connectivity index (χ3n) is 5.73. The van der Waals surface area contributed by atoms with Gasteiger partial charge in [-0.1, -0.05) is 73.9 Å². The van der Waals surface area contributed by atoms with Crippen molar-refractivity contribution in [1.82, 2.24) is 4.98 Å². The molecule has 0 aliphatic heterocycles. The molecule has 3 aromatic carbocycles. The average molecular weight is 398 g/mol. The van der Waals surface area contributed by atoms with Crippen molar-refractivity contribution in [1.29, 1.82) is 0 Å². The summed E-state index contributed by atoms with van der Waals surface area (Å²) in [7, 11) is 0. The topological polar surface area (TPSA) is 42.1 Å². The van der Waals surface area contributed by atoms with Gasteiger partial charge in [0, 0.05) is 29.5 Å². The molecule has 0 atom stereocenters. The summed E-state index contributed by atoms with van der Waals surface area (Å²) >= 11 is 0. The Kier molecular flexibility index (Phi) is 6.94. The molecule has 154 valence electrons. The van der Waals surface area contributed by atoms with Gasteiger partial charge in [0.25, 0.3) is 0 Å². The van der Waals surface area contributed by atoms with E-state index in [1.807, 2.05) is 0 Å². The molecule has 1 heterocycles. The Morgan fingerprint density at radius 1 is 0.700 bits per heavy atom. The number of nitrogens with two attached hydrogens (primary N) is 1. The van der Waals surface area contributed by atoms with E-state index in [-0.39, 0.29) is 0 Å². The van der Waals surface area contributed by atoms with Crippen LogP contribution in [0.2, 0.25) is 0 Å². The molecule has 0 saturated heterocycles. The van der Waals surface area contributed by atoms with Gasteiger partial charge in [-0.05, 0) is 49.2 Å². The molecule has 0 unspecified atom stereocenters. The molecule has 0 aliphatic rings. The Morgan fingerprint density at radius 2 is 1.43 bits per heavy atom. The number of hydrogen-bond acceptors (Lipinski definition) is 3. The Hall–Kier alpha value is -2.91.